The maximum atomic E-state index is 14.5. The highest BCUT2D eigenvalue weighted by Crippen LogP contribution is 2.37. The molecule has 0 spiro atoms. The molecule has 196 valence electrons. The molecule has 1 amide bonds. The monoisotopic (exact) mass is 518 g/mol. The zero-order chi connectivity index (χ0) is 26.8. The number of fused-ring (bicyclic) bond motifs is 1. The molecule has 7 nitrogen and oxygen atoms in total. The normalized spacial score (nSPS) is 13.2. The molecule has 0 saturated carbocycles. The summed E-state index contributed by atoms with van der Waals surface area (Å²) in [4.78, 5) is 19.0. The third-order valence-electron chi connectivity index (χ3n) is 6.70. The van der Waals surface area contributed by atoms with Gasteiger partial charge in [-0.05, 0) is 53.4 Å². The second kappa shape index (κ2) is 10.7. The third-order valence-corrected chi connectivity index (χ3v) is 6.70. The van der Waals surface area contributed by atoms with Gasteiger partial charge in [-0.3, -0.25) is 14.5 Å². The molecule has 0 atom stereocenters. The molecule has 1 aliphatic heterocycles. The van der Waals surface area contributed by atoms with Gasteiger partial charge in [-0.25, -0.2) is 8.78 Å². The Balaban J connectivity index is 1.46. The van der Waals surface area contributed by atoms with Crippen molar-refractivity contribution in [2.45, 2.75) is 32.9 Å². The number of nitrogens with zero attached hydrogens (tertiary/aromatic N) is 4. The van der Waals surface area contributed by atoms with E-state index in [1.807, 2.05) is 26.0 Å². The summed E-state index contributed by atoms with van der Waals surface area (Å²) < 4.78 is 36.5. The summed E-state index contributed by atoms with van der Waals surface area (Å²) in [6.45, 7) is 4.58. The maximum absolute atomic E-state index is 14.5. The summed E-state index contributed by atoms with van der Waals surface area (Å²) in [5, 5.41) is 14.1. The highest BCUT2D eigenvalue weighted by Gasteiger charge is 2.32. The summed E-state index contributed by atoms with van der Waals surface area (Å²) in [5.41, 5.74) is 3.77. The molecule has 1 aliphatic rings. The molecule has 38 heavy (non-hydrogen) atoms. The lowest BCUT2D eigenvalue weighted by Gasteiger charge is -2.27. The molecule has 0 fully saturated rings. The summed E-state index contributed by atoms with van der Waals surface area (Å²) in [6.07, 6.45) is 3.33. The Labute approximate surface area is 219 Å². The van der Waals surface area contributed by atoms with Crippen molar-refractivity contribution in [3.8, 4) is 28.1 Å². The van der Waals surface area contributed by atoms with E-state index < -0.39 is 11.6 Å². The van der Waals surface area contributed by atoms with Crippen molar-refractivity contribution in [3.63, 3.8) is 0 Å². The van der Waals surface area contributed by atoms with Crippen LogP contribution in [0, 0.1) is 11.6 Å². The molecule has 4 aromatic rings. The second-order valence-corrected chi connectivity index (χ2v) is 9.48. The zero-order valence-corrected chi connectivity index (χ0v) is 21.2. The number of rotatable bonds is 8. The molecular weight excluding hydrogens is 490 g/mol. The smallest absolute Gasteiger partial charge is 0.272 e. The Kier molecular flexibility index (Phi) is 7.20. The number of hydrogen-bond donors (Lipinski definition) is 1. The van der Waals surface area contributed by atoms with Gasteiger partial charge in [0.05, 0.1) is 18.7 Å². The fourth-order valence-electron chi connectivity index (χ4n) is 4.59. The van der Waals surface area contributed by atoms with Crippen molar-refractivity contribution in [2.24, 2.45) is 0 Å². The van der Waals surface area contributed by atoms with Crippen LogP contribution in [-0.4, -0.2) is 50.4 Å². The van der Waals surface area contributed by atoms with Crippen LogP contribution in [0.1, 0.15) is 41.4 Å². The zero-order valence-electron chi connectivity index (χ0n) is 21.2. The number of hydrogen-bond acceptors (Lipinski definition) is 5. The Bertz CT molecular complexity index is 1430. The maximum Gasteiger partial charge on any atom is 0.272 e. The number of β-amino-alcohol motifs (C(OH)–C–C–N with tert-alkyl or cyclic N) is 1. The largest absolute Gasteiger partial charge is 0.489 e. The van der Waals surface area contributed by atoms with Gasteiger partial charge in [0.2, 0.25) is 0 Å². The van der Waals surface area contributed by atoms with E-state index in [1.165, 1.54) is 12.1 Å². The molecule has 5 rings (SSSR count). The number of aliphatic hydroxyl groups excluding tert-OH is 1. The van der Waals surface area contributed by atoms with Crippen LogP contribution >= 0.6 is 0 Å². The average Bonchev–Trinajstić information content (AvgIpc) is 3.31. The Hall–Kier alpha value is -4.11. The van der Waals surface area contributed by atoms with Crippen LogP contribution in [0.3, 0.4) is 0 Å². The van der Waals surface area contributed by atoms with Crippen molar-refractivity contribution >= 4 is 5.91 Å². The standard InChI is InChI=1S/C29H28F2N4O3/c1-18(2)21-15-24(30)23(25(31)16-21)17-38-22-5-3-19(4-6-22)26-27(20-7-9-32-10-8-20)33-35-12-11-34(13-14-36)29(37)28(26)35/h3-10,15-16,18,36H,11-14,17H2,1-2H3. The Morgan fingerprint density at radius 2 is 1.68 bits per heavy atom. The fourth-order valence-corrected chi connectivity index (χ4v) is 4.59. The predicted molar refractivity (Wildman–Crippen MR) is 139 cm³/mol. The van der Waals surface area contributed by atoms with Gasteiger partial charge >= 0.3 is 0 Å². The van der Waals surface area contributed by atoms with Crippen molar-refractivity contribution in [2.75, 3.05) is 19.7 Å². The first-order valence-electron chi connectivity index (χ1n) is 12.5. The topological polar surface area (TPSA) is 80.5 Å². The summed E-state index contributed by atoms with van der Waals surface area (Å²) in [6, 6.07) is 13.3. The van der Waals surface area contributed by atoms with Gasteiger partial charge < -0.3 is 14.7 Å². The van der Waals surface area contributed by atoms with Gasteiger partial charge in [-0.1, -0.05) is 26.0 Å². The van der Waals surface area contributed by atoms with E-state index in [2.05, 4.69) is 4.98 Å². The van der Waals surface area contributed by atoms with E-state index in [4.69, 9.17) is 9.84 Å². The highest BCUT2D eigenvalue weighted by atomic mass is 19.1. The number of aliphatic hydroxyl groups is 1. The van der Waals surface area contributed by atoms with Crippen molar-refractivity contribution in [1.82, 2.24) is 19.7 Å². The Morgan fingerprint density at radius 1 is 1.00 bits per heavy atom. The number of aromatic nitrogens is 3. The van der Waals surface area contributed by atoms with Crippen LogP contribution in [0.5, 0.6) is 5.75 Å². The van der Waals surface area contributed by atoms with Gasteiger partial charge in [0.1, 0.15) is 35.4 Å². The fraction of sp³-hybridized carbons (Fsp3) is 0.276. The lowest BCUT2D eigenvalue weighted by atomic mass is 9.98. The SMILES string of the molecule is CC(C)c1cc(F)c(COc2ccc(-c3c(-c4ccncc4)nn4c3C(=O)N(CCO)CC4)cc2)c(F)c1. The average molecular weight is 519 g/mol. The van der Waals surface area contributed by atoms with Crippen LogP contribution in [-0.2, 0) is 13.2 Å². The second-order valence-electron chi connectivity index (χ2n) is 9.48. The van der Waals surface area contributed by atoms with Crippen LogP contribution in [0.4, 0.5) is 8.78 Å². The van der Waals surface area contributed by atoms with E-state index in [0.717, 1.165) is 11.1 Å². The number of carbonyl (C=O) groups excluding carboxylic acids is 1. The van der Waals surface area contributed by atoms with Gasteiger partial charge in [0, 0.05) is 36.6 Å². The minimum atomic E-state index is -0.634. The molecule has 0 aliphatic carbocycles. The lowest BCUT2D eigenvalue weighted by molar-refractivity contribution is 0.0662. The molecule has 2 aromatic carbocycles. The van der Waals surface area contributed by atoms with Crippen LogP contribution in [0.2, 0.25) is 0 Å². The van der Waals surface area contributed by atoms with Crippen molar-refractivity contribution in [3.05, 3.63) is 89.4 Å². The first-order chi connectivity index (χ1) is 18.4. The van der Waals surface area contributed by atoms with E-state index in [1.54, 1.807) is 46.2 Å². The summed E-state index contributed by atoms with van der Waals surface area (Å²) in [5.74, 6) is -1.03. The van der Waals surface area contributed by atoms with Crippen molar-refractivity contribution in [1.29, 1.82) is 0 Å². The summed E-state index contributed by atoms with van der Waals surface area (Å²) in [7, 11) is 0. The minimum absolute atomic E-state index is 0.00994. The molecule has 1 N–H and O–H groups in total. The number of benzene rings is 2. The molecule has 3 heterocycles. The number of ether oxygens (including phenoxy) is 1. The highest BCUT2D eigenvalue weighted by molar-refractivity contribution is 6.03. The molecule has 0 unspecified atom stereocenters. The number of amides is 1. The Morgan fingerprint density at radius 3 is 2.32 bits per heavy atom. The molecule has 0 radical (unpaired) electrons. The predicted octanol–water partition coefficient (Wildman–Crippen LogP) is 5.04. The van der Waals surface area contributed by atoms with Gasteiger partial charge in [-0.2, -0.15) is 5.10 Å². The van der Waals surface area contributed by atoms with E-state index >= 15 is 0 Å². The number of halogens is 2. The first kappa shape index (κ1) is 25.5. The van der Waals surface area contributed by atoms with E-state index in [-0.39, 0.29) is 37.1 Å². The summed E-state index contributed by atoms with van der Waals surface area (Å²) >= 11 is 0. The molecule has 0 saturated heterocycles. The number of pyridine rings is 1. The lowest BCUT2D eigenvalue weighted by Crippen LogP contribution is -2.42. The number of carbonyl (C=O) groups is 1. The quantitative estimate of drug-likeness (QED) is 0.354. The third kappa shape index (κ3) is 4.89. The van der Waals surface area contributed by atoms with E-state index in [9.17, 15) is 18.7 Å². The van der Waals surface area contributed by atoms with Crippen LogP contribution < -0.4 is 4.74 Å². The van der Waals surface area contributed by atoms with Crippen molar-refractivity contribution < 1.29 is 23.4 Å². The molecule has 0 bridgehead atoms. The first-order valence-corrected chi connectivity index (χ1v) is 12.5. The minimum Gasteiger partial charge on any atom is -0.489 e. The van der Waals surface area contributed by atoms with Gasteiger partial charge in [0.15, 0.2) is 0 Å². The van der Waals surface area contributed by atoms with Crippen LogP contribution in [0.15, 0.2) is 60.9 Å². The van der Waals surface area contributed by atoms with Gasteiger partial charge in [-0.15, -0.1) is 0 Å². The van der Waals surface area contributed by atoms with E-state index in [0.29, 0.717) is 41.4 Å². The van der Waals surface area contributed by atoms with Crippen LogP contribution in [0.25, 0.3) is 22.4 Å². The van der Waals surface area contributed by atoms with Gasteiger partial charge in [0.25, 0.3) is 5.91 Å². The molecule has 2 aromatic heterocycles. The molecule has 9 heteroatoms. The molecular formula is C29H28F2N4O3.